The van der Waals surface area contributed by atoms with Crippen molar-refractivity contribution in [2.24, 2.45) is 0 Å². The molecule has 0 aliphatic heterocycles. The van der Waals surface area contributed by atoms with E-state index in [1.807, 2.05) is 0 Å². The fourth-order valence-electron chi connectivity index (χ4n) is 1.39. The Morgan fingerprint density at radius 2 is 2.53 bits per heavy atom. The quantitative estimate of drug-likeness (QED) is 0.423. The van der Waals surface area contributed by atoms with E-state index in [0.29, 0.717) is 18.4 Å². The molecule has 0 aromatic rings. The minimum absolute atomic E-state index is 0.331. The maximum absolute atomic E-state index is 10.9. The van der Waals surface area contributed by atoms with Gasteiger partial charge in [-0.1, -0.05) is 12.5 Å². The monoisotopic (exact) mass is 208 g/mol. The summed E-state index contributed by atoms with van der Waals surface area (Å²) in [7, 11) is 0. The van der Waals surface area contributed by atoms with Crippen molar-refractivity contribution < 1.29 is 19.4 Å². The predicted octanol–water partition coefficient (Wildman–Crippen LogP) is 1.37. The van der Waals surface area contributed by atoms with Gasteiger partial charge in [0.15, 0.2) is 0 Å². The summed E-state index contributed by atoms with van der Waals surface area (Å²) in [4.78, 5) is 10.9. The Bertz CT molecular complexity index is 324. The molecule has 1 aliphatic carbocycles. The molecular formula is C11H12O4. The highest BCUT2D eigenvalue weighted by Crippen LogP contribution is 2.21. The van der Waals surface area contributed by atoms with Gasteiger partial charge in [-0.05, 0) is 6.08 Å². The molecule has 0 heterocycles. The van der Waals surface area contributed by atoms with Gasteiger partial charge in [0.05, 0.1) is 12.4 Å². The molecule has 4 heteroatoms. The molecule has 1 aliphatic rings. The predicted molar refractivity (Wildman–Crippen MR) is 53.7 cm³/mol. The van der Waals surface area contributed by atoms with E-state index >= 15 is 0 Å². The first-order chi connectivity index (χ1) is 7.15. The van der Waals surface area contributed by atoms with Gasteiger partial charge in [0, 0.05) is 18.4 Å². The lowest BCUT2D eigenvalue weighted by atomic mass is 9.95. The van der Waals surface area contributed by atoms with Gasteiger partial charge in [-0.25, -0.2) is 4.79 Å². The van der Waals surface area contributed by atoms with Gasteiger partial charge in [-0.2, -0.15) is 0 Å². The molecule has 0 saturated heterocycles. The van der Waals surface area contributed by atoms with Crippen LogP contribution in [0.1, 0.15) is 12.8 Å². The molecule has 1 rings (SSSR count). The molecule has 1 N–H and O–H groups in total. The second-order valence-electron chi connectivity index (χ2n) is 3.12. The zero-order valence-corrected chi connectivity index (χ0v) is 8.18. The molecule has 2 atom stereocenters. The fraction of sp³-hybridized carbons (Fsp3) is 0.364. The maximum Gasteiger partial charge on any atom is 0.513 e. The average Bonchev–Trinajstić information content (AvgIpc) is 2.17. The Balaban J connectivity index is 2.52. The summed E-state index contributed by atoms with van der Waals surface area (Å²) >= 11 is 0. The second-order valence-corrected chi connectivity index (χ2v) is 3.12. The van der Waals surface area contributed by atoms with Gasteiger partial charge in [0.25, 0.3) is 0 Å². The standard InChI is InChI=1S/C11H12O4/c1-3-8-5-9(12)7-10(6-8)15-11(13)14-4-2/h1,4-5,9-10,12H,2,6-7H2/t9-,10+/m0/s1. The number of hydrogen-bond donors (Lipinski definition) is 1. The fourth-order valence-corrected chi connectivity index (χ4v) is 1.39. The zero-order valence-electron chi connectivity index (χ0n) is 8.18. The highest BCUT2D eigenvalue weighted by atomic mass is 16.7. The molecule has 4 nitrogen and oxygen atoms in total. The van der Waals surface area contributed by atoms with Crippen molar-refractivity contribution in [1.29, 1.82) is 0 Å². The first-order valence-corrected chi connectivity index (χ1v) is 4.49. The van der Waals surface area contributed by atoms with Crippen molar-refractivity contribution in [3.05, 3.63) is 24.5 Å². The average molecular weight is 208 g/mol. The van der Waals surface area contributed by atoms with Crippen LogP contribution in [0.25, 0.3) is 0 Å². The number of terminal acetylenes is 1. The molecule has 0 saturated carbocycles. The molecular weight excluding hydrogens is 196 g/mol. The molecule has 0 aromatic carbocycles. The Morgan fingerprint density at radius 3 is 3.13 bits per heavy atom. The molecule has 0 bridgehead atoms. The summed E-state index contributed by atoms with van der Waals surface area (Å²) in [6.45, 7) is 3.22. The summed E-state index contributed by atoms with van der Waals surface area (Å²) < 4.78 is 9.30. The van der Waals surface area contributed by atoms with E-state index in [1.165, 1.54) is 0 Å². The number of hydrogen-bond acceptors (Lipinski definition) is 4. The summed E-state index contributed by atoms with van der Waals surface area (Å²) in [5.41, 5.74) is 0.630. The summed E-state index contributed by atoms with van der Waals surface area (Å²) in [5.74, 6) is 2.42. The Morgan fingerprint density at radius 1 is 1.80 bits per heavy atom. The SMILES string of the molecule is C#CC1=C[C@H](O)C[C@H](OC(=O)OC=C)C1. The normalized spacial score (nSPS) is 24.7. The number of carbonyl (C=O) groups is 1. The van der Waals surface area contributed by atoms with Crippen molar-refractivity contribution >= 4 is 6.16 Å². The summed E-state index contributed by atoms with van der Waals surface area (Å²) in [5, 5.41) is 9.40. The van der Waals surface area contributed by atoms with Crippen molar-refractivity contribution in [2.75, 3.05) is 0 Å². The molecule has 15 heavy (non-hydrogen) atoms. The number of ether oxygens (including phenoxy) is 2. The van der Waals surface area contributed by atoms with Gasteiger partial charge in [-0.15, -0.1) is 6.42 Å². The number of aliphatic hydroxyl groups excluding tert-OH is 1. The third-order valence-electron chi connectivity index (χ3n) is 1.97. The minimum atomic E-state index is -0.833. The Labute approximate surface area is 88.2 Å². The Kier molecular flexibility index (Phi) is 3.95. The van der Waals surface area contributed by atoms with Crippen LogP contribution in [-0.4, -0.2) is 23.5 Å². The molecule has 80 valence electrons. The number of aliphatic hydroxyl groups is 1. The Hall–Kier alpha value is -1.73. The van der Waals surface area contributed by atoms with Gasteiger partial charge in [-0.3, -0.25) is 0 Å². The van der Waals surface area contributed by atoms with E-state index in [4.69, 9.17) is 11.2 Å². The van der Waals surface area contributed by atoms with Crippen molar-refractivity contribution in [3.63, 3.8) is 0 Å². The third-order valence-corrected chi connectivity index (χ3v) is 1.97. The number of rotatable bonds is 2. The lowest BCUT2D eigenvalue weighted by Gasteiger charge is -2.23. The lowest BCUT2D eigenvalue weighted by Crippen LogP contribution is -2.27. The van der Waals surface area contributed by atoms with Crippen molar-refractivity contribution in [1.82, 2.24) is 0 Å². The largest absolute Gasteiger partial charge is 0.513 e. The summed E-state index contributed by atoms with van der Waals surface area (Å²) in [6, 6.07) is 0. The van der Waals surface area contributed by atoms with Gasteiger partial charge >= 0.3 is 6.16 Å². The van der Waals surface area contributed by atoms with Gasteiger partial charge < -0.3 is 14.6 Å². The van der Waals surface area contributed by atoms with Gasteiger partial charge in [0.1, 0.15) is 6.10 Å². The highest BCUT2D eigenvalue weighted by molar-refractivity contribution is 5.61. The second kappa shape index (κ2) is 5.23. The van der Waals surface area contributed by atoms with E-state index < -0.39 is 18.4 Å². The van der Waals surface area contributed by atoms with Crippen LogP contribution in [0, 0.1) is 12.3 Å². The highest BCUT2D eigenvalue weighted by Gasteiger charge is 2.23. The third kappa shape index (κ3) is 3.49. The molecule has 0 amide bonds. The van der Waals surface area contributed by atoms with Crippen LogP contribution in [0.15, 0.2) is 24.5 Å². The van der Waals surface area contributed by atoms with E-state index in [9.17, 15) is 9.90 Å². The maximum atomic E-state index is 10.9. The molecule has 0 radical (unpaired) electrons. The molecule has 0 aromatic heterocycles. The van der Waals surface area contributed by atoms with Crippen LogP contribution in [0.5, 0.6) is 0 Å². The van der Waals surface area contributed by atoms with Gasteiger partial charge in [0.2, 0.25) is 0 Å². The number of carbonyl (C=O) groups excluding carboxylic acids is 1. The lowest BCUT2D eigenvalue weighted by molar-refractivity contribution is 0.0250. The minimum Gasteiger partial charge on any atom is -0.430 e. The van der Waals surface area contributed by atoms with E-state index in [0.717, 1.165) is 6.26 Å². The topological polar surface area (TPSA) is 55.8 Å². The first-order valence-electron chi connectivity index (χ1n) is 4.49. The van der Waals surface area contributed by atoms with E-state index in [1.54, 1.807) is 6.08 Å². The van der Waals surface area contributed by atoms with Crippen LogP contribution in [0.4, 0.5) is 4.79 Å². The van der Waals surface area contributed by atoms with Crippen LogP contribution >= 0.6 is 0 Å². The van der Waals surface area contributed by atoms with Crippen LogP contribution in [0.2, 0.25) is 0 Å². The van der Waals surface area contributed by atoms with Crippen molar-refractivity contribution in [3.8, 4) is 12.3 Å². The molecule has 0 spiro atoms. The summed E-state index contributed by atoms with van der Waals surface area (Å²) in [6.07, 6.45) is 6.58. The van der Waals surface area contributed by atoms with Crippen LogP contribution < -0.4 is 0 Å². The zero-order chi connectivity index (χ0) is 11.3. The van der Waals surface area contributed by atoms with E-state index in [-0.39, 0.29) is 0 Å². The smallest absolute Gasteiger partial charge is 0.430 e. The van der Waals surface area contributed by atoms with Crippen molar-refractivity contribution in [2.45, 2.75) is 25.0 Å². The molecule has 0 unspecified atom stereocenters. The first kappa shape index (κ1) is 11.3. The van der Waals surface area contributed by atoms with E-state index in [2.05, 4.69) is 17.2 Å². The van der Waals surface area contributed by atoms with Crippen LogP contribution in [-0.2, 0) is 9.47 Å². The molecule has 0 fully saturated rings. The van der Waals surface area contributed by atoms with Crippen LogP contribution in [0.3, 0.4) is 0 Å².